The third-order valence-corrected chi connectivity index (χ3v) is 7.89. The minimum absolute atomic E-state index is 0.161. The Morgan fingerprint density at radius 1 is 1.05 bits per heavy atom. The highest BCUT2D eigenvalue weighted by Gasteiger charge is 2.55. The number of nitrogens with one attached hydrogen (secondary N) is 1. The van der Waals surface area contributed by atoms with Gasteiger partial charge in [-0.2, -0.15) is 0 Å². The number of nitrogens with zero attached hydrogens (tertiary/aromatic N) is 2. The van der Waals surface area contributed by atoms with Crippen molar-refractivity contribution in [2.24, 2.45) is 11.1 Å². The molecule has 4 rings (SSSR count). The van der Waals surface area contributed by atoms with E-state index in [1.807, 2.05) is 31.2 Å². The van der Waals surface area contributed by atoms with Crippen molar-refractivity contribution in [3.63, 3.8) is 0 Å². The number of carbonyl (C=O) groups excluding carboxylic acids is 3. The predicted octanol–water partition coefficient (Wildman–Crippen LogP) is 5.39. The summed E-state index contributed by atoms with van der Waals surface area (Å²) in [7, 11) is 0. The van der Waals surface area contributed by atoms with Crippen molar-refractivity contribution in [1.29, 1.82) is 0 Å². The Balaban J connectivity index is 1.71. The molecule has 1 unspecified atom stereocenters. The number of rotatable bonds is 6. The maximum Gasteiger partial charge on any atom is 0.337 e. The molecule has 0 fully saturated rings. The van der Waals surface area contributed by atoms with E-state index in [1.54, 1.807) is 76.6 Å². The van der Waals surface area contributed by atoms with Gasteiger partial charge in [-0.1, -0.05) is 51.1 Å². The second kappa shape index (κ2) is 10.8. The molecule has 1 aliphatic carbocycles. The molecule has 0 spiro atoms. The maximum absolute atomic E-state index is 14.3. The highest BCUT2D eigenvalue weighted by Crippen LogP contribution is 2.38. The van der Waals surface area contributed by atoms with Gasteiger partial charge in [0.05, 0.1) is 21.8 Å². The molecule has 216 valence electrons. The molecular formula is C31H36N4O5S. The van der Waals surface area contributed by atoms with E-state index in [0.29, 0.717) is 5.56 Å². The third kappa shape index (κ3) is 5.75. The number of carbonyl (C=O) groups is 3. The predicted molar refractivity (Wildman–Crippen MR) is 159 cm³/mol. The smallest absolute Gasteiger partial charge is 0.337 e. The van der Waals surface area contributed by atoms with Crippen molar-refractivity contribution < 1.29 is 24.2 Å². The fraction of sp³-hybridized carbons (Fsp3) is 0.355. The van der Waals surface area contributed by atoms with Gasteiger partial charge in [0.1, 0.15) is 17.0 Å². The monoisotopic (exact) mass is 576 g/mol. The number of hydrogen-bond acceptors (Lipinski definition) is 8. The van der Waals surface area contributed by atoms with Crippen LogP contribution in [0.2, 0.25) is 0 Å². The number of hydrogen-bond donors (Lipinski definition) is 3. The first-order chi connectivity index (χ1) is 19.0. The van der Waals surface area contributed by atoms with Crippen LogP contribution < -0.4 is 11.1 Å². The number of amides is 1. The fourth-order valence-corrected chi connectivity index (χ4v) is 5.30. The number of ether oxygens (including phenoxy) is 1. The Hall–Kier alpha value is -4.02. The summed E-state index contributed by atoms with van der Waals surface area (Å²) in [4.78, 5) is 46.7. The van der Waals surface area contributed by atoms with Crippen molar-refractivity contribution in [1.82, 2.24) is 14.9 Å². The summed E-state index contributed by atoms with van der Waals surface area (Å²) in [5.74, 6) is -2.56. The van der Waals surface area contributed by atoms with Gasteiger partial charge in [0.2, 0.25) is 0 Å². The van der Waals surface area contributed by atoms with E-state index in [4.69, 9.17) is 10.5 Å². The highest BCUT2D eigenvalue weighted by molar-refractivity contribution is 7.13. The number of aromatic nitrogens is 2. The van der Waals surface area contributed by atoms with E-state index in [0.717, 1.165) is 26.3 Å². The van der Waals surface area contributed by atoms with Crippen LogP contribution in [0.4, 0.5) is 0 Å². The summed E-state index contributed by atoms with van der Waals surface area (Å²) in [6.45, 7) is 12.2. The molecule has 0 bridgehead atoms. The number of pyridine rings is 1. The Labute approximate surface area is 243 Å². The summed E-state index contributed by atoms with van der Waals surface area (Å²) in [5, 5.41) is 13.5. The van der Waals surface area contributed by atoms with Crippen molar-refractivity contribution >= 4 is 29.1 Å². The Morgan fingerprint density at radius 2 is 1.71 bits per heavy atom. The van der Waals surface area contributed by atoms with Crippen LogP contribution >= 0.6 is 11.3 Å². The van der Waals surface area contributed by atoms with Crippen molar-refractivity contribution in [3.05, 3.63) is 71.0 Å². The molecular weight excluding hydrogens is 540 g/mol. The summed E-state index contributed by atoms with van der Waals surface area (Å²) < 4.78 is 6.69. The first kappa shape index (κ1) is 30.0. The molecule has 1 atom stereocenters. The SMILES string of the molecule is Cc1ncsc1-c1ccc(CNC(=O)c2cc(O)c3cccc-3n2C(=O)C(N)(C(=O)OC(C)(C)C)C(C)(C)C)cc1. The van der Waals surface area contributed by atoms with Crippen LogP contribution in [0.5, 0.6) is 5.75 Å². The number of aryl methyl sites for hydroxylation is 1. The molecule has 0 radical (unpaired) electrons. The van der Waals surface area contributed by atoms with Gasteiger partial charge >= 0.3 is 5.97 Å². The van der Waals surface area contributed by atoms with Crippen LogP contribution in [-0.4, -0.2) is 43.6 Å². The second-order valence-corrected chi connectivity index (χ2v) is 12.9. The van der Waals surface area contributed by atoms with Gasteiger partial charge in [-0.3, -0.25) is 14.2 Å². The molecule has 2 aromatic rings. The summed E-state index contributed by atoms with van der Waals surface area (Å²) >= 11 is 1.56. The van der Waals surface area contributed by atoms with Crippen LogP contribution in [0.3, 0.4) is 0 Å². The average molecular weight is 577 g/mol. The number of aromatic hydroxyl groups is 1. The lowest BCUT2D eigenvalue weighted by atomic mass is 9.73. The quantitative estimate of drug-likeness (QED) is 0.207. The third-order valence-electron chi connectivity index (χ3n) is 6.92. The average Bonchev–Trinajstić information content (AvgIpc) is 3.54. The zero-order valence-electron chi connectivity index (χ0n) is 24.4. The van der Waals surface area contributed by atoms with Gasteiger partial charge in [-0.25, -0.2) is 9.78 Å². The number of fused-ring (bicyclic) bond motifs is 1. The van der Waals surface area contributed by atoms with E-state index in [1.165, 1.54) is 6.07 Å². The zero-order chi connectivity index (χ0) is 30.3. The maximum atomic E-state index is 14.3. The molecule has 0 saturated heterocycles. The molecule has 2 heterocycles. The van der Waals surface area contributed by atoms with Crippen LogP contribution in [0.1, 0.15) is 68.1 Å². The lowest BCUT2D eigenvalue weighted by Crippen LogP contribution is -2.66. The normalized spacial score (nSPS) is 13.6. The zero-order valence-corrected chi connectivity index (χ0v) is 25.2. The molecule has 1 aromatic carbocycles. The van der Waals surface area contributed by atoms with Crippen molar-refractivity contribution in [2.75, 3.05) is 0 Å². The largest absolute Gasteiger partial charge is 0.507 e. The molecule has 9 nitrogen and oxygen atoms in total. The molecule has 10 heteroatoms. The molecule has 41 heavy (non-hydrogen) atoms. The van der Waals surface area contributed by atoms with Gasteiger partial charge in [-0.05, 0) is 56.4 Å². The Bertz CT molecular complexity index is 1570. The van der Waals surface area contributed by atoms with Crippen molar-refractivity contribution in [2.45, 2.75) is 66.2 Å². The fourth-order valence-electron chi connectivity index (χ4n) is 4.48. The van der Waals surface area contributed by atoms with E-state index >= 15 is 0 Å². The lowest BCUT2D eigenvalue weighted by Gasteiger charge is -2.40. The van der Waals surface area contributed by atoms with Crippen molar-refractivity contribution in [3.8, 4) is 27.4 Å². The Kier molecular flexibility index (Phi) is 7.86. The first-order valence-corrected chi connectivity index (χ1v) is 14.1. The molecule has 4 N–H and O–H groups in total. The molecule has 1 aromatic heterocycles. The van der Waals surface area contributed by atoms with Crippen LogP contribution in [0.15, 0.2) is 54.0 Å². The topological polar surface area (TPSA) is 137 Å². The number of nitrogens with two attached hydrogens (primary N) is 1. The van der Waals surface area contributed by atoms with Crippen LogP contribution in [0.25, 0.3) is 21.7 Å². The van der Waals surface area contributed by atoms with E-state index in [2.05, 4.69) is 10.3 Å². The van der Waals surface area contributed by atoms with E-state index in [-0.39, 0.29) is 23.7 Å². The van der Waals surface area contributed by atoms with Gasteiger partial charge in [0.25, 0.3) is 11.8 Å². The summed E-state index contributed by atoms with van der Waals surface area (Å²) in [5.41, 5.74) is 7.52. The number of benzene rings is 1. The minimum atomic E-state index is -2.16. The standard InChI is InChI=1S/C31H36N4O5S/c1-18-25(41-17-34-18)20-13-11-19(12-14-20)16-33-26(37)23-15-24(36)21-9-8-10-22(21)35(23)27(38)31(32,29(2,3)4)28(39)40-30(5,6)7/h8-15,17,36H,16,32H2,1-7H3,(H,33,37). The van der Waals surface area contributed by atoms with Gasteiger partial charge in [-0.15, -0.1) is 11.3 Å². The number of esters is 1. The molecule has 1 aliphatic heterocycles. The van der Waals surface area contributed by atoms with Crippen LogP contribution in [-0.2, 0) is 16.1 Å². The number of thiazole rings is 1. The van der Waals surface area contributed by atoms with Crippen LogP contribution in [0, 0.1) is 12.3 Å². The highest BCUT2D eigenvalue weighted by atomic mass is 32.1. The second-order valence-electron chi connectivity index (χ2n) is 12.1. The molecule has 0 saturated carbocycles. The van der Waals surface area contributed by atoms with E-state index in [9.17, 15) is 19.5 Å². The van der Waals surface area contributed by atoms with Gasteiger partial charge in [0, 0.05) is 18.2 Å². The summed E-state index contributed by atoms with van der Waals surface area (Å²) in [6, 6.07) is 13.8. The Morgan fingerprint density at radius 3 is 2.27 bits per heavy atom. The molecule has 1 amide bonds. The molecule has 2 aliphatic rings. The van der Waals surface area contributed by atoms with E-state index < -0.39 is 34.3 Å². The van der Waals surface area contributed by atoms with Gasteiger partial charge < -0.3 is 20.9 Å². The first-order valence-electron chi connectivity index (χ1n) is 13.2. The minimum Gasteiger partial charge on any atom is -0.507 e. The lowest BCUT2D eigenvalue weighted by molar-refractivity contribution is -0.163. The summed E-state index contributed by atoms with van der Waals surface area (Å²) in [6.07, 6.45) is 0. The van der Waals surface area contributed by atoms with Gasteiger partial charge in [0.15, 0.2) is 5.54 Å².